The third kappa shape index (κ3) is 0.738. The van der Waals surface area contributed by atoms with Crippen LogP contribution in [-0.2, 0) is 0 Å². The zero-order valence-corrected chi connectivity index (χ0v) is 4.14. The summed E-state index contributed by atoms with van der Waals surface area (Å²) in [6.45, 7) is 0. The van der Waals surface area contributed by atoms with E-state index in [2.05, 4.69) is 5.32 Å². The van der Waals surface area contributed by atoms with Gasteiger partial charge in [0, 0.05) is 8.47 Å². The summed E-state index contributed by atoms with van der Waals surface area (Å²) < 4.78 is 4.74. The van der Waals surface area contributed by atoms with Crippen molar-refractivity contribution < 1.29 is 5.84 Å². The van der Waals surface area contributed by atoms with Crippen molar-refractivity contribution in [1.29, 1.82) is 0 Å². The van der Waals surface area contributed by atoms with Crippen LogP contribution in [0.5, 0.6) is 0 Å². The summed E-state index contributed by atoms with van der Waals surface area (Å²) in [4.78, 5) is 0. The molecule has 0 amide bonds. The molecular formula is C5H9NO. The maximum Gasteiger partial charge on any atom is 0.113 e. The van der Waals surface area contributed by atoms with Gasteiger partial charge in [0.05, 0.1) is 12.0 Å². The molecule has 0 bridgehead atoms. The number of furan rings is 1. The van der Waals surface area contributed by atoms with E-state index in [1.165, 1.54) is 0 Å². The highest BCUT2D eigenvalue weighted by atomic mass is 16.3. The molecule has 0 aliphatic heterocycles. The summed E-state index contributed by atoms with van der Waals surface area (Å²) >= 11 is 0. The molecule has 2 nitrogen and oxygen atoms in total. The van der Waals surface area contributed by atoms with Crippen LogP contribution in [0.1, 0.15) is 1.43 Å². The molecule has 0 saturated heterocycles. The van der Waals surface area contributed by atoms with Crippen molar-refractivity contribution in [2.45, 2.75) is 0 Å². The molecule has 1 heterocycles. The van der Waals surface area contributed by atoms with Crippen LogP contribution in [0.15, 0.2) is 23.0 Å². The summed E-state index contributed by atoms with van der Waals surface area (Å²) in [7, 11) is 1.85. The standard InChI is InChI=1S/C5H7NO.H2/c1-6-5-2-3-7-4-5;/h2-4,6H,1H3;1H. The van der Waals surface area contributed by atoms with Crippen LogP contribution in [0.3, 0.4) is 0 Å². The van der Waals surface area contributed by atoms with E-state index in [0.29, 0.717) is 0 Å². The fourth-order valence-corrected chi connectivity index (χ4v) is 0.407. The molecule has 0 radical (unpaired) electrons. The van der Waals surface area contributed by atoms with Gasteiger partial charge in [-0.25, -0.2) is 0 Å². The highest BCUT2D eigenvalue weighted by Crippen LogP contribution is 2.03. The number of rotatable bonds is 1. The molecule has 40 valence electrons. The topological polar surface area (TPSA) is 25.2 Å². The van der Waals surface area contributed by atoms with Gasteiger partial charge in [-0.2, -0.15) is 0 Å². The fourth-order valence-electron chi connectivity index (χ4n) is 0.407. The molecule has 7 heavy (non-hydrogen) atoms. The van der Waals surface area contributed by atoms with Gasteiger partial charge in [0.15, 0.2) is 0 Å². The minimum absolute atomic E-state index is 0. The first kappa shape index (κ1) is 4.24. The van der Waals surface area contributed by atoms with Crippen molar-refractivity contribution in [2.24, 2.45) is 0 Å². The van der Waals surface area contributed by atoms with Crippen molar-refractivity contribution in [3.05, 3.63) is 18.6 Å². The average molecular weight is 99.1 g/mol. The van der Waals surface area contributed by atoms with Crippen LogP contribution in [-0.4, -0.2) is 7.05 Å². The zero-order valence-electron chi connectivity index (χ0n) is 4.14. The lowest BCUT2D eigenvalue weighted by atomic mass is 10.5. The average Bonchev–Trinajstić information content (AvgIpc) is 2.14. The molecule has 1 rings (SSSR count). The van der Waals surface area contributed by atoms with E-state index in [1.807, 2.05) is 13.1 Å². The first-order valence-corrected chi connectivity index (χ1v) is 2.13. The second-order valence-electron chi connectivity index (χ2n) is 1.26. The van der Waals surface area contributed by atoms with Crippen molar-refractivity contribution >= 4 is 5.69 Å². The van der Waals surface area contributed by atoms with Gasteiger partial charge in [0.1, 0.15) is 6.26 Å². The number of hydrogen-bond donors (Lipinski definition) is 1. The van der Waals surface area contributed by atoms with E-state index >= 15 is 0 Å². The third-order valence-corrected chi connectivity index (χ3v) is 0.810. The van der Waals surface area contributed by atoms with Crippen LogP contribution in [0.4, 0.5) is 5.69 Å². The van der Waals surface area contributed by atoms with E-state index < -0.39 is 0 Å². The van der Waals surface area contributed by atoms with Crippen LogP contribution >= 0.6 is 0 Å². The fraction of sp³-hybridized carbons (Fsp3) is 0.200. The smallest absolute Gasteiger partial charge is 0.113 e. The maximum absolute atomic E-state index is 4.74. The quantitative estimate of drug-likeness (QED) is 0.578. The normalized spacial score (nSPS) is 8.71. The molecule has 0 aromatic carbocycles. The van der Waals surface area contributed by atoms with Crippen molar-refractivity contribution in [3.63, 3.8) is 0 Å². The summed E-state index contributed by atoms with van der Waals surface area (Å²) in [6, 6.07) is 1.86. The lowest BCUT2D eigenvalue weighted by molar-refractivity contribution is 0.568. The number of anilines is 1. The van der Waals surface area contributed by atoms with Crippen molar-refractivity contribution in [3.8, 4) is 0 Å². The molecule has 0 aliphatic rings. The summed E-state index contributed by atoms with van der Waals surface area (Å²) in [5.74, 6) is 0. The van der Waals surface area contributed by atoms with Gasteiger partial charge in [-0.15, -0.1) is 0 Å². The number of nitrogens with one attached hydrogen (secondary N) is 1. The molecule has 0 aliphatic carbocycles. The zero-order chi connectivity index (χ0) is 5.11. The van der Waals surface area contributed by atoms with Gasteiger partial charge in [-0.3, -0.25) is 0 Å². The Morgan fingerprint density at radius 1 is 1.86 bits per heavy atom. The van der Waals surface area contributed by atoms with Gasteiger partial charge in [-0.1, -0.05) is 0 Å². The van der Waals surface area contributed by atoms with Crippen LogP contribution in [0.25, 0.3) is 0 Å². The van der Waals surface area contributed by atoms with Gasteiger partial charge in [0.2, 0.25) is 0 Å². The van der Waals surface area contributed by atoms with Gasteiger partial charge in [-0.05, 0) is 6.07 Å². The van der Waals surface area contributed by atoms with E-state index in [9.17, 15) is 0 Å². The monoisotopic (exact) mass is 99.1 g/mol. The Morgan fingerprint density at radius 3 is 3.00 bits per heavy atom. The van der Waals surface area contributed by atoms with Crippen LogP contribution in [0.2, 0.25) is 0 Å². The second kappa shape index (κ2) is 1.69. The Morgan fingerprint density at radius 2 is 2.71 bits per heavy atom. The lowest BCUT2D eigenvalue weighted by Gasteiger charge is -1.84. The molecule has 1 aromatic rings. The van der Waals surface area contributed by atoms with E-state index in [1.54, 1.807) is 12.5 Å². The van der Waals surface area contributed by atoms with Gasteiger partial charge < -0.3 is 9.73 Å². The molecule has 0 saturated carbocycles. The lowest BCUT2D eigenvalue weighted by Crippen LogP contribution is -1.81. The summed E-state index contributed by atoms with van der Waals surface area (Å²) in [5, 5.41) is 2.91. The predicted octanol–water partition coefficient (Wildman–Crippen LogP) is 1.57. The summed E-state index contributed by atoms with van der Waals surface area (Å²) in [5.41, 5.74) is 1.01. The van der Waals surface area contributed by atoms with E-state index in [-0.39, 0.29) is 1.43 Å². The molecule has 0 spiro atoms. The Bertz CT molecular complexity index is 127. The largest absolute Gasteiger partial charge is 0.470 e. The molecule has 1 N–H and O–H groups in total. The SMILES string of the molecule is CNc1ccoc1.[HH]. The highest BCUT2D eigenvalue weighted by molar-refractivity contribution is 5.37. The third-order valence-electron chi connectivity index (χ3n) is 0.810. The minimum atomic E-state index is 0. The first-order valence-electron chi connectivity index (χ1n) is 2.13. The Kier molecular flexibility index (Phi) is 1.02. The second-order valence-corrected chi connectivity index (χ2v) is 1.26. The first-order chi connectivity index (χ1) is 3.43. The molecule has 0 fully saturated rings. The molecule has 0 unspecified atom stereocenters. The maximum atomic E-state index is 4.74. The van der Waals surface area contributed by atoms with Crippen LogP contribution in [0, 0.1) is 0 Å². The van der Waals surface area contributed by atoms with E-state index in [0.717, 1.165) is 5.69 Å². The van der Waals surface area contributed by atoms with E-state index in [4.69, 9.17) is 4.42 Å². The van der Waals surface area contributed by atoms with Crippen molar-refractivity contribution in [2.75, 3.05) is 12.4 Å². The van der Waals surface area contributed by atoms with Gasteiger partial charge in [0.25, 0.3) is 0 Å². The van der Waals surface area contributed by atoms with Crippen LogP contribution < -0.4 is 5.32 Å². The Balaban J connectivity index is 0.000000490. The minimum Gasteiger partial charge on any atom is -0.470 e. The Hall–Kier alpha value is -0.920. The Labute approximate surface area is 43.6 Å². The van der Waals surface area contributed by atoms with Crippen molar-refractivity contribution in [1.82, 2.24) is 0 Å². The van der Waals surface area contributed by atoms with Gasteiger partial charge >= 0.3 is 0 Å². The predicted molar refractivity (Wildman–Crippen MR) is 30.4 cm³/mol. The molecule has 0 atom stereocenters. The summed E-state index contributed by atoms with van der Waals surface area (Å²) in [6.07, 6.45) is 3.28. The highest BCUT2D eigenvalue weighted by Gasteiger charge is 1.82. The molecular weight excluding hydrogens is 90.1 g/mol. The number of hydrogen-bond acceptors (Lipinski definition) is 2. The molecule has 2 heteroatoms. The molecule has 1 aromatic heterocycles.